The van der Waals surface area contributed by atoms with Gasteiger partial charge in [0, 0.05) is 18.3 Å². The van der Waals surface area contributed by atoms with Crippen LogP contribution >= 0.6 is 0 Å². The van der Waals surface area contributed by atoms with E-state index < -0.39 is 10.0 Å². The molecule has 0 unspecified atom stereocenters. The van der Waals surface area contributed by atoms with Crippen molar-refractivity contribution in [3.63, 3.8) is 0 Å². The van der Waals surface area contributed by atoms with Gasteiger partial charge < -0.3 is 9.73 Å². The average molecular weight is 475 g/mol. The number of sulfonamides is 1. The van der Waals surface area contributed by atoms with Gasteiger partial charge in [0.25, 0.3) is 5.91 Å². The van der Waals surface area contributed by atoms with Crippen LogP contribution in [0.3, 0.4) is 0 Å². The summed E-state index contributed by atoms with van der Waals surface area (Å²) in [4.78, 5) is 12.7. The molecule has 4 aromatic rings. The Labute approximate surface area is 197 Å². The van der Waals surface area contributed by atoms with Crippen molar-refractivity contribution in [1.29, 1.82) is 0 Å². The molecule has 1 aromatic heterocycles. The highest BCUT2D eigenvalue weighted by atomic mass is 32.2. The predicted molar refractivity (Wildman–Crippen MR) is 129 cm³/mol. The first-order valence-electron chi connectivity index (χ1n) is 10.4. The van der Waals surface area contributed by atoms with Crippen molar-refractivity contribution in [1.82, 2.24) is 4.31 Å². The number of hydrogen-bond donors (Lipinski definition) is 1. The van der Waals surface area contributed by atoms with Crippen LogP contribution in [0.25, 0.3) is 0 Å². The Balaban J connectivity index is 1.38. The normalized spacial score (nSPS) is 11.7. The molecular weight excluding hydrogens is 452 g/mol. The highest BCUT2D eigenvalue weighted by Gasteiger charge is 2.22. The summed E-state index contributed by atoms with van der Waals surface area (Å²) in [6, 6.07) is 25.5. The van der Waals surface area contributed by atoms with E-state index in [0.717, 1.165) is 5.69 Å². The van der Waals surface area contributed by atoms with Crippen LogP contribution in [0.1, 0.15) is 16.1 Å². The highest BCUT2D eigenvalue weighted by Crippen LogP contribution is 2.21. The molecule has 0 atom stereocenters. The lowest BCUT2D eigenvalue weighted by Crippen LogP contribution is -2.26. The lowest BCUT2D eigenvalue weighted by Gasteiger charge is -2.16. The molecule has 1 amide bonds. The molecule has 0 saturated carbocycles. The SMILES string of the molecule is CN(Cc1ccco1)S(=O)(=O)c1ccc(C(=O)Nc2ccc(N=Nc3ccccc3)cc2)cc1. The lowest BCUT2D eigenvalue weighted by molar-refractivity contribution is 0.102. The molecule has 0 bridgehead atoms. The van der Waals surface area contributed by atoms with E-state index in [2.05, 4.69) is 15.5 Å². The summed E-state index contributed by atoms with van der Waals surface area (Å²) in [5, 5.41) is 11.1. The van der Waals surface area contributed by atoms with E-state index in [-0.39, 0.29) is 17.3 Å². The van der Waals surface area contributed by atoms with Gasteiger partial charge in [0.1, 0.15) is 5.76 Å². The van der Waals surface area contributed by atoms with Gasteiger partial charge in [-0.05, 0) is 72.8 Å². The van der Waals surface area contributed by atoms with Crippen molar-refractivity contribution in [2.24, 2.45) is 10.2 Å². The standard InChI is InChI=1S/C25H22N4O4S/c1-29(18-23-8-5-17-33-23)34(31,32)24-15-9-19(10-16-24)25(30)26-20-11-13-22(14-12-20)28-27-21-6-3-2-4-7-21/h2-17H,18H2,1H3,(H,26,30). The van der Waals surface area contributed by atoms with Crippen LogP contribution < -0.4 is 5.32 Å². The van der Waals surface area contributed by atoms with Crippen LogP contribution in [0.2, 0.25) is 0 Å². The van der Waals surface area contributed by atoms with Crippen molar-refractivity contribution in [2.75, 3.05) is 12.4 Å². The number of nitrogens with zero attached hydrogens (tertiary/aromatic N) is 3. The van der Waals surface area contributed by atoms with Gasteiger partial charge in [-0.25, -0.2) is 8.42 Å². The molecule has 0 radical (unpaired) electrons. The Bertz CT molecular complexity index is 1370. The van der Waals surface area contributed by atoms with Crippen molar-refractivity contribution >= 4 is 33.0 Å². The number of carbonyl (C=O) groups is 1. The first-order chi connectivity index (χ1) is 16.4. The van der Waals surface area contributed by atoms with Gasteiger partial charge in [-0.1, -0.05) is 18.2 Å². The molecule has 0 saturated heterocycles. The minimum atomic E-state index is -3.72. The third-order valence-corrected chi connectivity index (χ3v) is 6.76. The van der Waals surface area contributed by atoms with Crippen LogP contribution in [0.5, 0.6) is 0 Å². The van der Waals surface area contributed by atoms with E-state index in [4.69, 9.17) is 4.42 Å². The first kappa shape index (κ1) is 23.1. The number of azo groups is 1. The zero-order valence-corrected chi connectivity index (χ0v) is 19.1. The van der Waals surface area contributed by atoms with Crippen LogP contribution in [-0.4, -0.2) is 25.7 Å². The number of carbonyl (C=O) groups excluding carboxylic acids is 1. The Morgan fingerprint density at radius 3 is 2.12 bits per heavy atom. The third kappa shape index (κ3) is 5.64. The summed E-state index contributed by atoms with van der Waals surface area (Å²) < 4.78 is 32.0. The quantitative estimate of drug-likeness (QED) is 0.327. The molecule has 1 N–H and O–H groups in total. The summed E-state index contributed by atoms with van der Waals surface area (Å²) in [5.74, 6) is 0.182. The minimum Gasteiger partial charge on any atom is -0.468 e. The number of amides is 1. The third-order valence-electron chi connectivity index (χ3n) is 4.95. The summed E-state index contributed by atoms with van der Waals surface area (Å²) in [6.45, 7) is 0.110. The van der Waals surface area contributed by atoms with Crippen LogP contribution in [0, 0.1) is 0 Å². The van der Waals surface area contributed by atoms with Gasteiger partial charge in [-0.2, -0.15) is 14.5 Å². The minimum absolute atomic E-state index is 0.0891. The maximum atomic E-state index is 12.8. The summed E-state index contributed by atoms with van der Waals surface area (Å²) in [6.07, 6.45) is 1.49. The van der Waals surface area contributed by atoms with Gasteiger partial charge in [-0.15, -0.1) is 0 Å². The molecular formula is C25H22N4O4S. The van der Waals surface area contributed by atoms with Crippen LogP contribution in [-0.2, 0) is 16.6 Å². The van der Waals surface area contributed by atoms with Crippen molar-refractivity contribution in [3.8, 4) is 0 Å². The van der Waals surface area contributed by atoms with E-state index in [1.165, 1.54) is 41.9 Å². The van der Waals surface area contributed by atoms with Gasteiger partial charge >= 0.3 is 0 Å². The lowest BCUT2D eigenvalue weighted by atomic mass is 10.2. The number of benzene rings is 3. The van der Waals surface area contributed by atoms with E-state index in [1.54, 1.807) is 36.4 Å². The molecule has 4 rings (SSSR count). The number of nitrogens with one attached hydrogen (secondary N) is 1. The molecule has 3 aromatic carbocycles. The fourth-order valence-electron chi connectivity index (χ4n) is 3.09. The molecule has 1 heterocycles. The van der Waals surface area contributed by atoms with E-state index in [1.807, 2.05) is 30.3 Å². The molecule has 34 heavy (non-hydrogen) atoms. The van der Waals surface area contributed by atoms with Crippen molar-refractivity contribution in [2.45, 2.75) is 11.4 Å². The average Bonchev–Trinajstić information content (AvgIpc) is 3.37. The molecule has 0 spiro atoms. The topological polar surface area (TPSA) is 104 Å². The molecule has 8 nitrogen and oxygen atoms in total. The maximum Gasteiger partial charge on any atom is 0.255 e. The zero-order valence-electron chi connectivity index (χ0n) is 18.3. The second-order valence-corrected chi connectivity index (χ2v) is 9.45. The second kappa shape index (κ2) is 10.2. The van der Waals surface area contributed by atoms with Gasteiger partial charge in [-0.3, -0.25) is 4.79 Å². The molecule has 0 aliphatic rings. The Kier molecular flexibility index (Phi) is 6.95. The fourth-order valence-corrected chi connectivity index (χ4v) is 4.23. The predicted octanol–water partition coefficient (Wildman–Crippen LogP) is 5.77. The van der Waals surface area contributed by atoms with Gasteiger partial charge in [0.15, 0.2) is 0 Å². The molecule has 172 valence electrons. The molecule has 0 aliphatic heterocycles. The highest BCUT2D eigenvalue weighted by molar-refractivity contribution is 7.89. The summed E-state index contributed by atoms with van der Waals surface area (Å²) in [7, 11) is -2.25. The monoisotopic (exact) mass is 474 g/mol. The molecule has 9 heteroatoms. The van der Waals surface area contributed by atoms with Gasteiger partial charge in [0.05, 0.1) is 29.1 Å². The first-order valence-corrected chi connectivity index (χ1v) is 11.8. The van der Waals surface area contributed by atoms with Gasteiger partial charge in [0.2, 0.25) is 10.0 Å². The second-order valence-electron chi connectivity index (χ2n) is 7.40. The smallest absolute Gasteiger partial charge is 0.255 e. The Hall–Kier alpha value is -4.08. The van der Waals surface area contributed by atoms with Crippen molar-refractivity contribution in [3.05, 3.63) is 109 Å². The van der Waals surface area contributed by atoms with E-state index in [0.29, 0.717) is 22.7 Å². The number of rotatable bonds is 8. The Morgan fingerprint density at radius 1 is 0.853 bits per heavy atom. The van der Waals surface area contributed by atoms with Crippen molar-refractivity contribution < 1.29 is 17.6 Å². The van der Waals surface area contributed by atoms with Crippen LogP contribution in [0.15, 0.2) is 117 Å². The number of furan rings is 1. The largest absolute Gasteiger partial charge is 0.468 e. The fraction of sp³-hybridized carbons (Fsp3) is 0.0800. The van der Waals surface area contributed by atoms with E-state index >= 15 is 0 Å². The number of hydrogen-bond acceptors (Lipinski definition) is 6. The molecule has 0 fully saturated rings. The zero-order chi connectivity index (χ0) is 24.0. The summed E-state index contributed by atoms with van der Waals surface area (Å²) in [5.41, 5.74) is 2.31. The molecule has 0 aliphatic carbocycles. The maximum absolute atomic E-state index is 12.8. The van der Waals surface area contributed by atoms with Crippen LogP contribution in [0.4, 0.5) is 17.1 Å². The van der Waals surface area contributed by atoms with E-state index in [9.17, 15) is 13.2 Å². The number of anilines is 1. The summed E-state index contributed by atoms with van der Waals surface area (Å²) >= 11 is 0. The Morgan fingerprint density at radius 2 is 1.50 bits per heavy atom.